The highest BCUT2D eigenvalue weighted by atomic mass is 32.2. The van der Waals surface area contributed by atoms with Crippen LogP contribution in [0.15, 0.2) is 30.3 Å². The van der Waals surface area contributed by atoms with Gasteiger partial charge in [-0.25, -0.2) is 18.4 Å². The second-order valence-corrected chi connectivity index (χ2v) is 6.04. The Morgan fingerprint density at radius 3 is 2.33 bits per heavy atom. The zero-order valence-corrected chi connectivity index (χ0v) is 12.0. The minimum absolute atomic E-state index is 0.111. The molecule has 0 aliphatic carbocycles. The van der Waals surface area contributed by atoms with Crippen LogP contribution < -0.4 is 15.8 Å². The van der Waals surface area contributed by atoms with E-state index in [0.29, 0.717) is 5.56 Å². The van der Waals surface area contributed by atoms with Crippen molar-refractivity contribution >= 4 is 22.0 Å². The van der Waals surface area contributed by atoms with E-state index in [0.717, 1.165) is 0 Å². The van der Waals surface area contributed by atoms with Crippen LogP contribution in [0.5, 0.6) is 0 Å². The van der Waals surface area contributed by atoms with E-state index in [1.54, 1.807) is 30.3 Å². The fraction of sp³-hybridized carbons (Fsp3) is 0.333. The van der Waals surface area contributed by atoms with Gasteiger partial charge in [0.2, 0.25) is 10.0 Å². The van der Waals surface area contributed by atoms with Crippen LogP contribution in [-0.2, 0) is 14.8 Å². The molecular formula is C12H17N3O5S. The number of sulfonamides is 1. The van der Waals surface area contributed by atoms with Crippen molar-refractivity contribution in [3.05, 3.63) is 35.9 Å². The number of amides is 2. The van der Waals surface area contributed by atoms with Crippen molar-refractivity contribution in [3.63, 3.8) is 0 Å². The summed E-state index contributed by atoms with van der Waals surface area (Å²) in [6, 6.07) is 7.82. The molecule has 1 atom stereocenters. The third kappa shape index (κ3) is 6.72. The Bertz CT molecular complexity index is 588. The number of benzene rings is 1. The van der Waals surface area contributed by atoms with Gasteiger partial charge in [0, 0.05) is 13.1 Å². The van der Waals surface area contributed by atoms with Crippen molar-refractivity contribution in [2.45, 2.75) is 5.92 Å². The smallest absolute Gasteiger partial charge is 0.314 e. The number of rotatable bonds is 7. The maximum atomic E-state index is 11.4. The standard InChI is InChI=1S/C12H17N3O5S/c13-21(19,20)7-6-14-12(18)15-8-10(11(16)17)9-4-2-1-3-5-9/h1-5,10H,6-8H2,(H,16,17)(H2,13,19,20)(H2,14,15,18). The lowest BCUT2D eigenvalue weighted by Gasteiger charge is -2.14. The number of hydrogen-bond donors (Lipinski definition) is 4. The lowest BCUT2D eigenvalue weighted by molar-refractivity contribution is -0.138. The largest absolute Gasteiger partial charge is 0.481 e. The average Bonchev–Trinajstić information content (AvgIpc) is 2.38. The van der Waals surface area contributed by atoms with Crippen LogP contribution >= 0.6 is 0 Å². The molecule has 0 saturated carbocycles. The van der Waals surface area contributed by atoms with Crippen LogP contribution in [0.4, 0.5) is 4.79 Å². The Hall–Kier alpha value is -2.13. The maximum Gasteiger partial charge on any atom is 0.314 e. The van der Waals surface area contributed by atoms with E-state index in [2.05, 4.69) is 10.6 Å². The third-order valence-corrected chi connectivity index (χ3v) is 3.41. The highest BCUT2D eigenvalue weighted by molar-refractivity contribution is 7.89. The summed E-state index contributed by atoms with van der Waals surface area (Å²) in [5.41, 5.74) is 0.565. The summed E-state index contributed by atoms with van der Waals surface area (Å²) in [6.07, 6.45) is 0. The number of carbonyl (C=O) groups excluding carboxylic acids is 1. The van der Waals surface area contributed by atoms with Crippen LogP contribution in [-0.4, -0.2) is 44.4 Å². The van der Waals surface area contributed by atoms with Gasteiger partial charge in [-0.3, -0.25) is 4.79 Å². The fourth-order valence-electron chi connectivity index (χ4n) is 1.60. The van der Waals surface area contributed by atoms with Gasteiger partial charge >= 0.3 is 12.0 Å². The van der Waals surface area contributed by atoms with E-state index >= 15 is 0 Å². The van der Waals surface area contributed by atoms with Gasteiger partial charge in [-0.15, -0.1) is 0 Å². The summed E-state index contributed by atoms with van der Waals surface area (Å²) in [5, 5.41) is 18.6. The van der Waals surface area contributed by atoms with Crippen LogP contribution in [0.3, 0.4) is 0 Å². The van der Waals surface area contributed by atoms with Crippen LogP contribution in [0.25, 0.3) is 0 Å². The first-order chi connectivity index (χ1) is 9.79. The molecule has 0 fully saturated rings. The van der Waals surface area contributed by atoms with Gasteiger partial charge in [0.1, 0.15) is 0 Å². The van der Waals surface area contributed by atoms with Gasteiger partial charge < -0.3 is 15.7 Å². The number of carbonyl (C=O) groups is 2. The second kappa shape index (κ2) is 7.60. The number of urea groups is 1. The quantitative estimate of drug-likeness (QED) is 0.534. The second-order valence-electron chi connectivity index (χ2n) is 4.31. The van der Waals surface area contributed by atoms with Crippen molar-refractivity contribution in [3.8, 4) is 0 Å². The van der Waals surface area contributed by atoms with Crippen molar-refractivity contribution in [2.75, 3.05) is 18.8 Å². The first-order valence-electron chi connectivity index (χ1n) is 6.09. The fourth-order valence-corrected chi connectivity index (χ4v) is 1.98. The Morgan fingerprint density at radius 1 is 1.19 bits per heavy atom. The molecule has 9 heteroatoms. The number of primary sulfonamides is 1. The molecule has 0 aliphatic heterocycles. The molecule has 2 amide bonds. The van der Waals surface area contributed by atoms with Crippen LogP contribution in [0.2, 0.25) is 0 Å². The van der Waals surface area contributed by atoms with Gasteiger partial charge in [0.25, 0.3) is 0 Å². The predicted octanol–water partition coefficient (Wildman–Crippen LogP) is -0.557. The Kier molecular flexibility index (Phi) is 6.12. The molecule has 0 aromatic heterocycles. The van der Waals surface area contributed by atoms with Gasteiger partial charge in [0.05, 0.1) is 11.7 Å². The van der Waals surface area contributed by atoms with E-state index in [4.69, 9.17) is 10.2 Å². The van der Waals surface area contributed by atoms with Crippen LogP contribution in [0, 0.1) is 0 Å². The third-order valence-electron chi connectivity index (χ3n) is 2.64. The Labute approximate surface area is 122 Å². The molecule has 0 aliphatic rings. The molecule has 1 unspecified atom stereocenters. The summed E-state index contributed by atoms with van der Waals surface area (Å²) in [4.78, 5) is 22.6. The summed E-state index contributed by atoms with van der Waals surface area (Å²) >= 11 is 0. The van der Waals surface area contributed by atoms with E-state index in [1.165, 1.54) is 0 Å². The zero-order valence-electron chi connectivity index (χ0n) is 11.2. The van der Waals surface area contributed by atoms with Gasteiger partial charge in [-0.05, 0) is 5.56 Å². The number of aliphatic carboxylic acids is 1. The molecule has 21 heavy (non-hydrogen) atoms. The molecule has 0 heterocycles. The first kappa shape index (κ1) is 16.9. The van der Waals surface area contributed by atoms with Crippen molar-refractivity contribution in [1.29, 1.82) is 0 Å². The van der Waals surface area contributed by atoms with E-state index in [9.17, 15) is 18.0 Å². The predicted molar refractivity (Wildman–Crippen MR) is 76.2 cm³/mol. The topological polar surface area (TPSA) is 139 Å². The molecule has 5 N–H and O–H groups in total. The molecule has 116 valence electrons. The number of nitrogens with two attached hydrogens (primary N) is 1. The summed E-state index contributed by atoms with van der Waals surface area (Å²) in [7, 11) is -3.64. The van der Waals surface area contributed by atoms with Crippen LogP contribution in [0.1, 0.15) is 11.5 Å². The molecule has 1 aromatic carbocycles. The normalized spacial score (nSPS) is 12.4. The number of nitrogens with one attached hydrogen (secondary N) is 2. The summed E-state index contributed by atoms with van der Waals surface area (Å²) in [5.74, 6) is -2.33. The monoisotopic (exact) mass is 315 g/mol. The maximum absolute atomic E-state index is 11.4. The summed E-state index contributed by atoms with van der Waals surface area (Å²) < 4.78 is 21.4. The van der Waals surface area contributed by atoms with Gasteiger partial charge in [0.15, 0.2) is 0 Å². The molecular weight excluding hydrogens is 298 g/mol. The van der Waals surface area contributed by atoms with Gasteiger partial charge in [-0.2, -0.15) is 0 Å². The molecule has 0 bridgehead atoms. The first-order valence-corrected chi connectivity index (χ1v) is 7.81. The SMILES string of the molecule is NS(=O)(=O)CCNC(=O)NCC(C(=O)O)c1ccccc1. The number of carboxylic acids is 1. The van der Waals surface area contributed by atoms with E-state index < -0.39 is 27.9 Å². The minimum Gasteiger partial charge on any atom is -0.481 e. The van der Waals surface area contributed by atoms with Crippen molar-refractivity contribution < 1.29 is 23.1 Å². The molecule has 8 nitrogen and oxygen atoms in total. The molecule has 1 rings (SSSR count). The van der Waals surface area contributed by atoms with Crippen molar-refractivity contribution in [2.24, 2.45) is 5.14 Å². The van der Waals surface area contributed by atoms with E-state index in [-0.39, 0.29) is 18.8 Å². The lowest BCUT2D eigenvalue weighted by atomic mass is 9.99. The van der Waals surface area contributed by atoms with Crippen molar-refractivity contribution in [1.82, 2.24) is 10.6 Å². The zero-order chi connectivity index (χ0) is 15.9. The lowest BCUT2D eigenvalue weighted by Crippen LogP contribution is -2.41. The molecule has 0 radical (unpaired) electrons. The molecule has 0 saturated heterocycles. The Balaban J connectivity index is 2.47. The van der Waals surface area contributed by atoms with Gasteiger partial charge in [-0.1, -0.05) is 30.3 Å². The molecule has 1 aromatic rings. The number of carboxylic acid groups (broad SMARTS) is 1. The molecule has 0 spiro atoms. The minimum atomic E-state index is -3.64. The summed E-state index contributed by atoms with van der Waals surface area (Å²) in [6.45, 7) is -0.256. The highest BCUT2D eigenvalue weighted by Crippen LogP contribution is 2.14. The average molecular weight is 315 g/mol. The van der Waals surface area contributed by atoms with E-state index in [1.807, 2.05) is 0 Å². The Morgan fingerprint density at radius 2 is 1.81 bits per heavy atom. The highest BCUT2D eigenvalue weighted by Gasteiger charge is 2.20. The number of hydrogen-bond acceptors (Lipinski definition) is 4.